The number of aliphatic imine (C=N–C) groups is 1. The summed E-state index contributed by atoms with van der Waals surface area (Å²) >= 11 is 1.57. The fraction of sp³-hybridized carbons (Fsp3) is 0.222. The molecule has 7 heteroatoms. The van der Waals surface area contributed by atoms with Gasteiger partial charge in [-0.05, 0) is 64.7 Å². The number of allylic oxidation sites excluding steroid dienone is 1. The van der Waals surface area contributed by atoms with E-state index in [-0.39, 0.29) is 5.41 Å². The van der Waals surface area contributed by atoms with Crippen LogP contribution in [0, 0.1) is 0 Å². The third-order valence-electron chi connectivity index (χ3n) is 5.37. The molecule has 0 aliphatic carbocycles. The average molecular weight is 472 g/mol. The number of nitrogens with zero attached hydrogens (tertiary/aromatic N) is 3. The lowest BCUT2D eigenvalue weighted by Gasteiger charge is -2.21. The maximum Gasteiger partial charge on any atom is 0.316 e. The topological polar surface area (TPSA) is 89.3 Å². The molecule has 34 heavy (non-hydrogen) atoms. The fourth-order valence-corrected chi connectivity index (χ4v) is 3.95. The Balaban J connectivity index is 1.45. The molecule has 0 spiro atoms. The Hall–Kier alpha value is -3.71. The molecular formula is C27H29N5OS. The minimum Gasteiger partial charge on any atom is -0.403 e. The highest BCUT2D eigenvalue weighted by molar-refractivity contribution is 7.12. The highest BCUT2D eigenvalue weighted by Gasteiger charge is 2.18. The van der Waals surface area contributed by atoms with Crippen molar-refractivity contribution in [1.82, 2.24) is 10.2 Å². The van der Waals surface area contributed by atoms with Crippen LogP contribution in [-0.4, -0.2) is 16.0 Å². The minimum absolute atomic E-state index is 0.00798. The minimum atomic E-state index is -0.00798. The first-order valence-corrected chi connectivity index (χ1v) is 11.9. The van der Waals surface area contributed by atoms with Gasteiger partial charge in [0.2, 0.25) is 5.89 Å². The van der Waals surface area contributed by atoms with E-state index in [0.717, 1.165) is 32.8 Å². The SMILES string of the molecule is C=C(C)c1cc(-c2nnc(NCc3ccc(N=C(N)c4cccs4)cc3)o2)cc(C(C)(C)C)c1. The molecule has 4 rings (SSSR count). The molecule has 0 amide bonds. The van der Waals surface area contributed by atoms with E-state index in [1.165, 1.54) is 5.56 Å². The highest BCUT2D eigenvalue weighted by Crippen LogP contribution is 2.31. The Labute approximate surface area is 204 Å². The van der Waals surface area contributed by atoms with Crippen molar-refractivity contribution >= 4 is 34.4 Å². The van der Waals surface area contributed by atoms with Crippen molar-refractivity contribution in [2.24, 2.45) is 10.7 Å². The molecule has 0 aliphatic heterocycles. The molecule has 174 valence electrons. The summed E-state index contributed by atoms with van der Waals surface area (Å²) in [5.74, 6) is 0.995. The van der Waals surface area contributed by atoms with Crippen molar-refractivity contribution in [3.63, 3.8) is 0 Å². The monoisotopic (exact) mass is 471 g/mol. The maximum absolute atomic E-state index is 6.07. The van der Waals surface area contributed by atoms with Crippen molar-refractivity contribution < 1.29 is 4.42 Å². The molecule has 0 aliphatic rings. The van der Waals surface area contributed by atoms with Crippen LogP contribution in [0.2, 0.25) is 0 Å². The second kappa shape index (κ2) is 9.65. The quantitative estimate of drug-likeness (QED) is 0.229. The third kappa shape index (κ3) is 5.61. The van der Waals surface area contributed by atoms with E-state index in [9.17, 15) is 0 Å². The summed E-state index contributed by atoms with van der Waals surface area (Å²) in [5.41, 5.74) is 12.1. The summed E-state index contributed by atoms with van der Waals surface area (Å²) in [7, 11) is 0. The van der Waals surface area contributed by atoms with Crippen LogP contribution in [0.4, 0.5) is 11.7 Å². The molecule has 0 atom stereocenters. The van der Waals surface area contributed by atoms with Crippen molar-refractivity contribution in [1.29, 1.82) is 0 Å². The number of amidine groups is 1. The van der Waals surface area contributed by atoms with Crippen molar-refractivity contribution in [3.8, 4) is 11.5 Å². The Morgan fingerprint density at radius 1 is 1.12 bits per heavy atom. The zero-order chi connectivity index (χ0) is 24.3. The molecule has 3 N–H and O–H groups in total. The van der Waals surface area contributed by atoms with Gasteiger partial charge in [-0.25, -0.2) is 4.99 Å². The molecule has 6 nitrogen and oxygen atoms in total. The summed E-state index contributed by atoms with van der Waals surface area (Å²) in [6, 6.07) is 18.5. The van der Waals surface area contributed by atoms with E-state index in [1.54, 1.807) is 11.3 Å². The van der Waals surface area contributed by atoms with Crippen molar-refractivity contribution in [2.45, 2.75) is 39.7 Å². The fourth-order valence-electron chi connectivity index (χ4n) is 3.33. The van der Waals surface area contributed by atoms with Crippen LogP contribution in [0.1, 0.15) is 49.3 Å². The van der Waals surface area contributed by atoms with Crippen LogP contribution in [0.3, 0.4) is 0 Å². The molecular weight excluding hydrogens is 442 g/mol. The number of nitrogens with two attached hydrogens (primary N) is 1. The van der Waals surface area contributed by atoms with Gasteiger partial charge in [-0.2, -0.15) is 0 Å². The maximum atomic E-state index is 6.07. The average Bonchev–Trinajstić information content (AvgIpc) is 3.50. The summed E-state index contributed by atoms with van der Waals surface area (Å²) < 4.78 is 5.91. The molecule has 0 bridgehead atoms. The summed E-state index contributed by atoms with van der Waals surface area (Å²) in [5, 5.41) is 13.6. The normalized spacial score (nSPS) is 12.1. The first-order valence-electron chi connectivity index (χ1n) is 11.1. The summed E-state index contributed by atoms with van der Waals surface area (Å²) in [6.45, 7) is 13.2. The molecule has 0 unspecified atom stereocenters. The van der Waals surface area contributed by atoms with Crippen LogP contribution < -0.4 is 11.1 Å². The van der Waals surface area contributed by atoms with Crippen LogP contribution in [0.15, 0.2) is 76.0 Å². The predicted molar refractivity (Wildman–Crippen MR) is 142 cm³/mol. The third-order valence-corrected chi connectivity index (χ3v) is 6.26. The second-order valence-electron chi connectivity index (χ2n) is 9.24. The standard InChI is InChI=1S/C27H29N5OS/c1-17(2)19-13-20(15-21(14-19)27(3,4)5)25-31-32-26(33-25)29-16-18-8-10-22(11-9-18)30-24(28)23-7-6-12-34-23/h6-15H,1,16H2,2-5H3,(H2,28,30)(H,29,32). The van der Waals surface area contributed by atoms with Crippen molar-refractivity contribution in [3.05, 3.63) is 88.1 Å². The Morgan fingerprint density at radius 2 is 1.88 bits per heavy atom. The van der Waals surface area contributed by atoms with Gasteiger partial charge in [-0.3, -0.25) is 0 Å². The largest absolute Gasteiger partial charge is 0.403 e. The zero-order valence-corrected chi connectivity index (χ0v) is 20.7. The molecule has 2 heterocycles. The zero-order valence-electron chi connectivity index (χ0n) is 19.9. The van der Waals surface area contributed by atoms with Gasteiger partial charge >= 0.3 is 6.01 Å². The lowest BCUT2D eigenvalue weighted by molar-refractivity contribution is 0.577. The number of rotatable bonds is 7. The smallest absolute Gasteiger partial charge is 0.316 e. The molecule has 2 aromatic carbocycles. The second-order valence-corrected chi connectivity index (χ2v) is 10.2. The van der Waals surface area contributed by atoms with E-state index in [0.29, 0.717) is 24.3 Å². The number of hydrogen-bond acceptors (Lipinski definition) is 6. The van der Waals surface area contributed by atoms with Gasteiger partial charge in [-0.15, -0.1) is 16.4 Å². The number of nitrogens with one attached hydrogen (secondary N) is 1. The lowest BCUT2D eigenvalue weighted by atomic mass is 9.84. The number of benzene rings is 2. The molecule has 0 saturated carbocycles. The van der Waals surface area contributed by atoms with Crippen molar-refractivity contribution in [2.75, 3.05) is 5.32 Å². The van der Waals surface area contributed by atoms with E-state index in [2.05, 4.69) is 60.0 Å². The van der Waals surface area contributed by atoms with Gasteiger partial charge in [0.05, 0.1) is 10.6 Å². The first-order chi connectivity index (χ1) is 16.2. The number of thiophene rings is 1. The summed E-state index contributed by atoms with van der Waals surface area (Å²) in [4.78, 5) is 5.44. The van der Waals surface area contributed by atoms with Gasteiger partial charge in [-0.1, -0.05) is 62.3 Å². The van der Waals surface area contributed by atoms with E-state index in [4.69, 9.17) is 10.2 Å². The van der Waals surface area contributed by atoms with Crippen LogP contribution in [0.5, 0.6) is 0 Å². The van der Waals surface area contributed by atoms with E-state index < -0.39 is 0 Å². The van der Waals surface area contributed by atoms with Gasteiger partial charge in [0.25, 0.3) is 0 Å². The van der Waals surface area contributed by atoms with Gasteiger partial charge < -0.3 is 15.5 Å². The number of anilines is 1. The Kier molecular flexibility index (Phi) is 6.65. The van der Waals surface area contributed by atoms with Gasteiger partial charge in [0.15, 0.2) is 0 Å². The van der Waals surface area contributed by atoms with E-state index in [1.807, 2.05) is 54.8 Å². The van der Waals surface area contributed by atoms with E-state index >= 15 is 0 Å². The molecule has 0 fully saturated rings. The molecule has 0 saturated heterocycles. The highest BCUT2D eigenvalue weighted by atomic mass is 32.1. The van der Waals surface area contributed by atoms with Gasteiger partial charge in [0.1, 0.15) is 5.84 Å². The van der Waals surface area contributed by atoms with Crippen LogP contribution in [-0.2, 0) is 12.0 Å². The molecule has 2 aromatic heterocycles. The molecule has 4 aromatic rings. The Bertz CT molecular complexity index is 1310. The molecule has 0 radical (unpaired) electrons. The number of aromatic nitrogens is 2. The first kappa shape index (κ1) is 23.4. The summed E-state index contributed by atoms with van der Waals surface area (Å²) in [6.07, 6.45) is 0. The predicted octanol–water partition coefficient (Wildman–Crippen LogP) is 6.78. The van der Waals surface area contributed by atoms with Crippen LogP contribution >= 0.6 is 11.3 Å². The number of hydrogen-bond donors (Lipinski definition) is 2. The Morgan fingerprint density at radius 3 is 2.53 bits per heavy atom. The lowest BCUT2D eigenvalue weighted by Crippen LogP contribution is -2.11. The van der Waals surface area contributed by atoms with Crippen LogP contribution in [0.25, 0.3) is 17.0 Å². The van der Waals surface area contributed by atoms with Gasteiger partial charge in [0, 0.05) is 12.1 Å².